The Morgan fingerprint density at radius 2 is 1.62 bits per heavy atom. The molecule has 0 saturated carbocycles. The number of para-hydroxylation sites is 1. The Kier molecular flexibility index (Phi) is 5.26. The summed E-state index contributed by atoms with van der Waals surface area (Å²) in [7, 11) is 0. The largest absolute Gasteiger partial charge is 0.477 e. The molecule has 1 fully saturated rings. The second-order valence-electron chi connectivity index (χ2n) is 6.13. The van der Waals surface area contributed by atoms with Gasteiger partial charge in [-0.2, -0.15) is 0 Å². The van der Waals surface area contributed by atoms with Crippen LogP contribution in [0.25, 0.3) is 0 Å². The number of amides is 2. The van der Waals surface area contributed by atoms with Gasteiger partial charge in [0.05, 0.1) is 0 Å². The van der Waals surface area contributed by atoms with Gasteiger partial charge in [0.1, 0.15) is 11.4 Å². The molecule has 7 heteroatoms. The van der Waals surface area contributed by atoms with Gasteiger partial charge in [0.2, 0.25) is 5.91 Å². The van der Waals surface area contributed by atoms with Gasteiger partial charge >= 0.3 is 5.97 Å². The summed E-state index contributed by atoms with van der Waals surface area (Å²) < 4.78 is 0. The van der Waals surface area contributed by atoms with Crippen LogP contribution in [0.5, 0.6) is 0 Å². The minimum absolute atomic E-state index is 0.0469. The highest BCUT2D eigenvalue weighted by molar-refractivity contribution is 5.95. The number of anilines is 1. The summed E-state index contributed by atoms with van der Waals surface area (Å²) in [6.45, 7) is 0.870. The summed E-state index contributed by atoms with van der Waals surface area (Å²) in [6, 6.07) is 13.6. The first-order valence-electron chi connectivity index (χ1n) is 8.40. The molecule has 1 aromatic heterocycles. The number of carbonyl (C=O) groups is 3. The number of aromatic nitrogens is 1. The highest BCUT2D eigenvalue weighted by Gasteiger charge is 2.28. The lowest BCUT2D eigenvalue weighted by Crippen LogP contribution is -2.41. The fourth-order valence-electron chi connectivity index (χ4n) is 2.95. The zero-order valence-corrected chi connectivity index (χ0v) is 14.1. The van der Waals surface area contributed by atoms with Crippen LogP contribution in [0.2, 0.25) is 0 Å². The summed E-state index contributed by atoms with van der Waals surface area (Å²) in [5.41, 5.74) is 0.704. The van der Waals surface area contributed by atoms with Gasteiger partial charge in [0, 0.05) is 24.7 Å². The average Bonchev–Trinajstić information content (AvgIpc) is 2.68. The summed E-state index contributed by atoms with van der Waals surface area (Å²) in [4.78, 5) is 41.3. The maximum absolute atomic E-state index is 12.5. The normalized spacial score (nSPS) is 14.7. The molecule has 2 aromatic rings. The van der Waals surface area contributed by atoms with E-state index in [1.54, 1.807) is 4.90 Å². The lowest BCUT2D eigenvalue weighted by Gasteiger charge is -2.31. The zero-order chi connectivity index (χ0) is 18.5. The Morgan fingerprint density at radius 1 is 0.962 bits per heavy atom. The average molecular weight is 353 g/mol. The molecule has 0 bridgehead atoms. The van der Waals surface area contributed by atoms with Gasteiger partial charge in [0.25, 0.3) is 5.91 Å². The number of carboxylic acid groups (broad SMARTS) is 1. The van der Waals surface area contributed by atoms with Gasteiger partial charge in [-0.05, 0) is 37.1 Å². The van der Waals surface area contributed by atoms with Crippen LogP contribution in [0.4, 0.5) is 5.69 Å². The number of benzene rings is 1. The quantitative estimate of drug-likeness (QED) is 0.878. The minimum atomic E-state index is -1.17. The van der Waals surface area contributed by atoms with Crippen LogP contribution in [-0.4, -0.2) is 45.9 Å². The number of rotatable bonds is 4. The van der Waals surface area contributed by atoms with Crippen molar-refractivity contribution in [3.05, 3.63) is 59.9 Å². The molecular formula is C19H19N3O4. The van der Waals surface area contributed by atoms with Crippen molar-refractivity contribution in [2.45, 2.75) is 12.8 Å². The topological polar surface area (TPSA) is 99.6 Å². The number of piperidine rings is 1. The fraction of sp³-hybridized carbons (Fsp3) is 0.263. The summed E-state index contributed by atoms with van der Waals surface area (Å²) >= 11 is 0. The summed E-state index contributed by atoms with van der Waals surface area (Å²) in [5.74, 6) is -1.68. The third kappa shape index (κ3) is 4.05. The third-order valence-electron chi connectivity index (χ3n) is 4.38. The molecule has 7 nitrogen and oxygen atoms in total. The first-order valence-corrected chi connectivity index (χ1v) is 8.40. The monoisotopic (exact) mass is 353 g/mol. The van der Waals surface area contributed by atoms with Crippen LogP contribution < -0.4 is 5.32 Å². The van der Waals surface area contributed by atoms with Crippen molar-refractivity contribution >= 4 is 23.5 Å². The number of nitrogens with zero attached hydrogens (tertiary/aromatic N) is 2. The highest BCUT2D eigenvalue weighted by Crippen LogP contribution is 2.20. The molecule has 26 heavy (non-hydrogen) atoms. The highest BCUT2D eigenvalue weighted by atomic mass is 16.4. The molecule has 0 aliphatic carbocycles. The number of pyridine rings is 1. The molecule has 1 aliphatic rings. The van der Waals surface area contributed by atoms with Crippen molar-refractivity contribution < 1.29 is 19.5 Å². The van der Waals surface area contributed by atoms with Gasteiger partial charge < -0.3 is 15.3 Å². The molecule has 0 spiro atoms. The van der Waals surface area contributed by atoms with Crippen LogP contribution in [0.3, 0.4) is 0 Å². The number of hydrogen-bond donors (Lipinski definition) is 2. The van der Waals surface area contributed by atoms with Gasteiger partial charge in [-0.1, -0.05) is 24.3 Å². The molecule has 2 heterocycles. The number of carboxylic acids is 1. The van der Waals surface area contributed by atoms with Gasteiger partial charge in [0.15, 0.2) is 0 Å². The molecule has 2 amide bonds. The van der Waals surface area contributed by atoms with Crippen molar-refractivity contribution in [3.63, 3.8) is 0 Å². The lowest BCUT2D eigenvalue weighted by molar-refractivity contribution is -0.121. The Bertz CT molecular complexity index is 815. The van der Waals surface area contributed by atoms with Crippen LogP contribution >= 0.6 is 0 Å². The molecule has 0 unspecified atom stereocenters. The molecule has 0 radical (unpaired) electrons. The summed E-state index contributed by atoms with van der Waals surface area (Å²) in [6.07, 6.45) is 1.12. The fourth-order valence-corrected chi connectivity index (χ4v) is 2.95. The Labute approximate surface area is 150 Å². The van der Waals surface area contributed by atoms with Crippen molar-refractivity contribution in [1.82, 2.24) is 9.88 Å². The molecular weight excluding hydrogens is 334 g/mol. The number of likely N-dealkylation sites (tertiary alicyclic amines) is 1. The lowest BCUT2D eigenvalue weighted by atomic mass is 9.95. The third-order valence-corrected chi connectivity index (χ3v) is 4.38. The van der Waals surface area contributed by atoms with E-state index in [0.29, 0.717) is 25.9 Å². The molecule has 1 aromatic carbocycles. The van der Waals surface area contributed by atoms with E-state index in [1.165, 1.54) is 18.2 Å². The first-order chi connectivity index (χ1) is 12.5. The SMILES string of the molecule is O=C(O)c1cccc(C(=O)N2CCC(C(=O)Nc3ccccc3)CC2)n1. The maximum Gasteiger partial charge on any atom is 0.354 e. The second-order valence-corrected chi connectivity index (χ2v) is 6.13. The second kappa shape index (κ2) is 7.77. The molecule has 0 atom stereocenters. The van der Waals surface area contributed by atoms with E-state index in [9.17, 15) is 14.4 Å². The van der Waals surface area contributed by atoms with E-state index in [1.807, 2.05) is 30.3 Å². The number of nitrogens with one attached hydrogen (secondary N) is 1. The summed E-state index contributed by atoms with van der Waals surface area (Å²) in [5, 5.41) is 11.9. The minimum Gasteiger partial charge on any atom is -0.477 e. The smallest absolute Gasteiger partial charge is 0.354 e. The van der Waals surface area contributed by atoms with Gasteiger partial charge in [-0.3, -0.25) is 9.59 Å². The van der Waals surface area contributed by atoms with Crippen LogP contribution in [0.1, 0.15) is 33.8 Å². The van der Waals surface area contributed by atoms with Crippen LogP contribution in [0, 0.1) is 5.92 Å². The maximum atomic E-state index is 12.5. The van der Waals surface area contributed by atoms with E-state index in [4.69, 9.17) is 5.11 Å². The van der Waals surface area contributed by atoms with E-state index >= 15 is 0 Å². The van der Waals surface area contributed by atoms with E-state index in [0.717, 1.165) is 5.69 Å². The molecule has 1 aliphatic heterocycles. The number of hydrogen-bond acceptors (Lipinski definition) is 4. The zero-order valence-electron chi connectivity index (χ0n) is 14.1. The van der Waals surface area contributed by atoms with Gasteiger partial charge in [-0.15, -0.1) is 0 Å². The number of aromatic carboxylic acids is 1. The predicted molar refractivity (Wildman–Crippen MR) is 94.9 cm³/mol. The molecule has 2 N–H and O–H groups in total. The Hall–Kier alpha value is -3.22. The van der Waals surface area contributed by atoms with Crippen LogP contribution in [-0.2, 0) is 4.79 Å². The Morgan fingerprint density at radius 3 is 2.27 bits per heavy atom. The van der Waals surface area contributed by atoms with Crippen LogP contribution in [0.15, 0.2) is 48.5 Å². The van der Waals surface area contributed by atoms with E-state index in [2.05, 4.69) is 10.3 Å². The number of carbonyl (C=O) groups excluding carboxylic acids is 2. The van der Waals surface area contributed by atoms with Gasteiger partial charge in [-0.25, -0.2) is 9.78 Å². The van der Waals surface area contributed by atoms with E-state index in [-0.39, 0.29) is 29.1 Å². The van der Waals surface area contributed by atoms with Crippen molar-refractivity contribution in [3.8, 4) is 0 Å². The van der Waals surface area contributed by atoms with Crippen molar-refractivity contribution in [2.24, 2.45) is 5.92 Å². The predicted octanol–water partition coefficient (Wildman–Crippen LogP) is 2.27. The van der Waals surface area contributed by atoms with Crippen molar-refractivity contribution in [2.75, 3.05) is 18.4 Å². The Balaban J connectivity index is 1.58. The molecule has 1 saturated heterocycles. The van der Waals surface area contributed by atoms with Crippen molar-refractivity contribution in [1.29, 1.82) is 0 Å². The molecule has 3 rings (SSSR count). The standard InChI is InChI=1S/C19H19N3O4/c23-17(20-14-5-2-1-3-6-14)13-9-11-22(12-10-13)18(24)15-7-4-8-16(21-15)19(25)26/h1-8,13H,9-12H2,(H,20,23)(H,25,26). The van der Waals surface area contributed by atoms with E-state index < -0.39 is 5.97 Å². The first kappa shape index (κ1) is 17.6. The molecule has 134 valence electrons.